The van der Waals surface area contributed by atoms with Gasteiger partial charge in [-0.15, -0.1) is 0 Å². The molecule has 7 rings (SSSR count). The first-order valence-corrected chi connectivity index (χ1v) is 15.1. The van der Waals surface area contributed by atoms with E-state index in [0.29, 0.717) is 31.7 Å². The first-order valence-electron chi connectivity index (χ1n) is 15.1. The Morgan fingerprint density at radius 3 is 2.34 bits per heavy atom. The van der Waals surface area contributed by atoms with E-state index < -0.39 is 29.1 Å². The zero-order valence-electron chi connectivity index (χ0n) is 23.9. The SMILES string of the molecule is C[C@@H]1C23CCC(F)(F)C(C)(C)[C@@H]2[C@@H](OC=O)C[C@@H]2[C@]13CC[C@]13C[C@@]4(CCC(C(C)(C)O)O4)[C@H]1[C@@H](O)C[C@@]23C. The van der Waals surface area contributed by atoms with Crippen molar-refractivity contribution >= 4 is 6.47 Å². The largest absolute Gasteiger partial charge is 0.464 e. The maximum atomic E-state index is 15.4. The molecule has 0 amide bonds. The van der Waals surface area contributed by atoms with Gasteiger partial charge in [0.1, 0.15) is 6.10 Å². The molecule has 7 fully saturated rings. The van der Waals surface area contributed by atoms with E-state index in [4.69, 9.17) is 9.47 Å². The molecule has 0 radical (unpaired) electrons. The van der Waals surface area contributed by atoms with Crippen molar-refractivity contribution in [3.05, 3.63) is 0 Å². The molecular weight excluding hydrogens is 490 g/mol. The Balaban J connectivity index is 1.29. The van der Waals surface area contributed by atoms with E-state index in [1.54, 1.807) is 27.7 Å². The van der Waals surface area contributed by atoms with Crippen molar-refractivity contribution in [2.24, 2.45) is 50.7 Å². The first kappa shape index (κ1) is 26.1. The molecule has 0 aromatic heterocycles. The van der Waals surface area contributed by atoms with Gasteiger partial charge in [0.25, 0.3) is 12.4 Å². The lowest BCUT2D eigenvalue weighted by Gasteiger charge is -2.70. The normalized spacial score (nSPS) is 59.1. The number of aliphatic hydroxyl groups is 2. The molecule has 7 heteroatoms. The minimum atomic E-state index is -2.80. The van der Waals surface area contributed by atoms with Gasteiger partial charge in [0.2, 0.25) is 0 Å². The molecule has 7 aliphatic rings. The minimum Gasteiger partial charge on any atom is -0.464 e. The van der Waals surface area contributed by atoms with Gasteiger partial charge >= 0.3 is 0 Å². The van der Waals surface area contributed by atoms with E-state index in [9.17, 15) is 15.0 Å². The van der Waals surface area contributed by atoms with Gasteiger partial charge in [0.15, 0.2) is 0 Å². The fraction of sp³-hybridized carbons (Fsp3) is 0.968. The van der Waals surface area contributed by atoms with Crippen LogP contribution < -0.4 is 0 Å². The molecule has 6 saturated carbocycles. The van der Waals surface area contributed by atoms with Gasteiger partial charge in [0, 0.05) is 23.7 Å². The Morgan fingerprint density at radius 2 is 1.71 bits per heavy atom. The number of carbonyl (C=O) groups is 1. The standard InChI is InChI=1S/C31H46F2O5/c1-17-29-10-9-27-15-28(8-7-21(38-28)25(4,5)36)22(27)18(35)14-26(27,6)20(29)13-19(37-16-34)23-24(2,3)31(32,33)12-11-30(17,23)29/h16-23,35-36H,7-15H2,1-6H3/t17-,18-,19-,20-,21?,22-,23-,26-,27-,28-,29-,30?/m0/s1. The summed E-state index contributed by atoms with van der Waals surface area (Å²) in [6, 6.07) is 0. The molecule has 0 aromatic carbocycles. The highest BCUT2D eigenvalue weighted by Gasteiger charge is 2.91. The predicted octanol–water partition coefficient (Wildman–Crippen LogP) is 5.50. The van der Waals surface area contributed by atoms with Gasteiger partial charge < -0.3 is 19.7 Å². The van der Waals surface area contributed by atoms with Gasteiger partial charge in [-0.3, -0.25) is 4.79 Å². The molecule has 12 atom stereocenters. The average molecular weight is 537 g/mol. The second-order valence-electron chi connectivity index (χ2n) is 16.1. The molecule has 4 spiro atoms. The summed E-state index contributed by atoms with van der Waals surface area (Å²) >= 11 is 0. The number of hydrogen-bond acceptors (Lipinski definition) is 5. The molecule has 0 aromatic rings. The summed E-state index contributed by atoms with van der Waals surface area (Å²) in [5.74, 6) is -2.62. The van der Waals surface area contributed by atoms with Crippen molar-refractivity contribution in [1.29, 1.82) is 0 Å². The Morgan fingerprint density at radius 1 is 1.03 bits per heavy atom. The fourth-order valence-corrected chi connectivity index (χ4v) is 13.5. The minimum absolute atomic E-state index is 0.0324. The van der Waals surface area contributed by atoms with E-state index >= 15 is 8.78 Å². The summed E-state index contributed by atoms with van der Waals surface area (Å²) in [7, 11) is 0. The number of hydrogen-bond donors (Lipinski definition) is 2. The highest BCUT2D eigenvalue weighted by molar-refractivity contribution is 5.42. The maximum absolute atomic E-state index is 15.4. The Hall–Kier alpha value is -0.790. The molecule has 2 N–H and O–H groups in total. The van der Waals surface area contributed by atoms with Crippen LogP contribution in [-0.4, -0.2) is 52.1 Å². The number of fused-ring (bicyclic) bond motifs is 2. The summed E-state index contributed by atoms with van der Waals surface area (Å²) in [5.41, 5.74) is -3.08. The van der Waals surface area contributed by atoms with E-state index in [0.717, 1.165) is 32.1 Å². The third kappa shape index (κ3) is 2.47. The zero-order chi connectivity index (χ0) is 27.5. The van der Waals surface area contributed by atoms with Crippen LogP contribution in [0.1, 0.15) is 99.3 Å². The van der Waals surface area contributed by atoms with Crippen LogP contribution in [0, 0.1) is 50.7 Å². The monoisotopic (exact) mass is 536 g/mol. The van der Waals surface area contributed by atoms with Crippen LogP contribution in [0.25, 0.3) is 0 Å². The van der Waals surface area contributed by atoms with Crippen molar-refractivity contribution in [3.63, 3.8) is 0 Å². The highest BCUT2D eigenvalue weighted by Crippen LogP contribution is 2.94. The van der Waals surface area contributed by atoms with Crippen molar-refractivity contribution in [1.82, 2.24) is 0 Å². The average Bonchev–Trinajstić information content (AvgIpc) is 3.07. The van der Waals surface area contributed by atoms with Gasteiger partial charge in [-0.25, -0.2) is 8.78 Å². The summed E-state index contributed by atoms with van der Waals surface area (Å²) in [5, 5.41) is 22.4. The Bertz CT molecular complexity index is 1070. The fourth-order valence-electron chi connectivity index (χ4n) is 13.5. The van der Waals surface area contributed by atoms with Crippen LogP contribution in [0.4, 0.5) is 8.78 Å². The van der Waals surface area contributed by atoms with E-state index in [1.807, 2.05) is 0 Å². The molecule has 1 aliphatic heterocycles. The molecule has 6 aliphatic carbocycles. The third-order valence-corrected chi connectivity index (χ3v) is 14.8. The van der Waals surface area contributed by atoms with Crippen LogP contribution >= 0.6 is 0 Å². The third-order valence-electron chi connectivity index (χ3n) is 14.8. The Labute approximate surface area is 225 Å². The molecule has 0 bridgehead atoms. The smallest absolute Gasteiger partial charge is 0.293 e. The van der Waals surface area contributed by atoms with Crippen molar-refractivity contribution in [3.8, 4) is 0 Å². The van der Waals surface area contributed by atoms with E-state index in [-0.39, 0.29) is 57.5 Å². The molecule has 1 saturated heterocycles. The van der Waals surface area contributed by atoms with E-state index in [1.165, 1.54) is 0 Å². The number of halogens is 2. The molecule has 2 unspecified atom stereocenters. The van der Waals surface area contributed by atoms with E-state index in [2.05, 4.69) is 13.8 Å². The lowest BCUT2D eigenvalue weighted by Crippen LogP contribution is -2.70. The number of ether oxygens (including phenoxy) is 2. The Kier molecular flexibility index (Phi) is 4.80. The van der Waals surface area contributed by atoms with Crippen LogP contribution in [0.2, 0.25) is 0 Å². The molecule has 214 valence electrons. The topological polar surface area (TPSA) is 76.0 Å². The van der Waals surface area contributed by atoms with Crippen LogP contribution in [-0.2, 0) is 14.3 Å². The van der Waals surface area contributed by atoms with Crippen LogP contribution in [0.15, 0.2) is 0 Å². The lowest BCUT2D eigenvalue weighted by molar-refractivity contribution is -0.295. The van der Waals surface area contributed by atoms with Crippen molar-refractivity contribution in [2.75, 3.05) is 0 Å². The van der Waals surface area contributed by atoms with Crippen molar-refractivity contribution < 1.29 is 33.3 Å². The predicted molar refractivity (Wildman–Crippen MR) is 136 cm³/mol. The van der Waals surface area contributed by atoms with Gasteiger partial charge in [-0.05, 0) is 98.7 Å². The number of rotatable bonds is 3. The van der Waals surface area contributed by atoms with Crippen LogP contribution in [0.5, 0.6) is 0 Å². The molecule has 38 heavy (non-hydrogen) atoms. The summed E-state index contributed by atoms with van der Waals surface area (Å²) in [6.07, 6.45) is 4.97. The maximum Gasteiger partial charge on any atom is 0.293 e. The summed E-state index contributed by atoms with van der Waals surface area (Å²) < 4.78 is 43.3. The van der Waals surface area contributed by atoms with Gasteiger partial charge in [-0.2, -0.15) is 0 Å². The van der Waals surface area contributed by atoms with Gasteiger partial charge in [-0.1, -0.05) is 27.7 Å². The highest BCUT2D eigenvalue weighted by atomic mass is 19.3. The molecule has 1 heterocycles. The lowest BCUT2D eigenvalue weighted by atomic mass is 9.35. The summed E-state index contributed by atoms with van der Waals surface area (Å²) in [6.45, 7) is 12.1. The number of alkyl halides is 2. The van der Waals surface area contributed by atoms with Gasteiger partial charge in [0.05, 0.1) is 23.4 Å². The summed E-state index contributed by atoms with van der Waals surface area (Å²) in [4.78, 5) is 11.8. The number of carbonyl (C=O) groups excluding carboxylic acids is 1. The van der Waals surface area contributed by atoms with Crippen LogP contribution in [0.3, 0.4) is 0 Å². The zero-order valence-corrected chi connectivity index (χ0v) is 23.9. The number of aliphatic hydroxyl groups excluding tert-OH is 1. The van der Waals surface area contributed by atoms with Crippen molar-refractivity contribution in [2.45, 2.75) is 135 Å². The molecular formula is C31H46F2O5. The second-order valence-corrected chi connectivity index (χ2v) is 16.1. The molecule has 5 nitrogen and oxygen atoms in total. The second kappa shape index (κ2) is 6.98. The first-order chi connectivity index (χ1) is 17.5. The quantitative estimate of drug-likeness (QED) is 0.466.